The number of carbonyl (C=O) groups excluding carboxylic acids is 1. The third-order valence-electron chi connectivity index (χ3n) is 2.78. The third-order valence-corrected chi connectivity index (χ3v) is 3.34. The molecule has 2 rings (SSSR count). The Bertz CT molecular complexity index is 468. The van der Waals surface area contributed by atoms with Gasteiger partial charge in [0.25, 0.3) is 0 Å². The van der Waals surface area contributed by atoms with Gasteiger partial charge in [0.15, 0.2) is 5.78 Å². The molecule has 0 saturated heterocycles. The van der Waals surface area contributed by atoms with Gasteiger partial charge in [-0.1, -0.05) is 29.3 Å². The van der Waals surface area contributed by atoms with E-state index in [1.807, 2.05) is 6.07 Å². The highest BCUT2D eigenvalue weighted by Gasteiger charge is 2.27. The molecule has 0 fully saturated rings. The molecular formula is C12H11Cl2NO. The summed E-state index contributed by atoms with van der Waals surface area (Å²) in [7, 11) is 0. The second-order valence-corrected chi connectivity index (χ2v) is 4.68. The van der Waals surface area contributed by atoms with Gasteiger partial charge in [-0.2, -0.15) is 0 Å². The second kappa shape index (κ2) is 4.56. The molecule has 0 bridgehead atoms. The molecule has 0 aromatic heterocycles. The van der Waals surface area contributed by atoms with Gasteiger partial charge in [0.1, 0.15) is 0 Å². The van der Waals surface area contributed by atoms with E-state index in [-0.39, 0.29) is 11.7 Å². The number of hydrogen-bond donors (Lipinski definition) is 0. The van der Waals surface area contributed by atoms with Crippen molar-refractivity contribution in [3.8, 4) is 0 Å². The van der Waals surface area contributed by atoms with Gasteiger partial charge in [0.2, 0.25) is 0 Å². The lowest BCUT2D eigenvalue weighted by molar-refractivity contribution is -0.114. The average molecular weight is 256 g/mol. The van der Waals surface area contributed by atoms with Crippen LogP contribution in [0, 0.1) is 0 Å². The summed E-state index contributed by atoms with van der Waals surface area (Å²) in [5.41, 5.74) is 1.44. The summed E-state index contributed by atoms with van der Waals surface area (Å²) in [6.07, 6.45) is 0.720. The van der Waals surface area contributed by atoms with E-state index in [1.165, 1.54) is 0 Å². The van der Waals surface area contributed by atoms with Crippen molar-refractivity contribution >= 4 is 34.7 Å². The molecule has 1 atom stereocenters. The fourth-order valence-corrected chi connectivity index (χ4v) is 2.44. The van der Waals surface area contributed by atoms with E-state index in [0.29, 0.717) is 22.3 Å². The fraction of sp³-hybridized carbons (Fsp3) is 0.333. The average Bonchev–Trinajstić information content (AvgIpc) is 2.23. The lowest BCUT2D eigenvalue weighted by Crippen LogP contribution is -2.25. The van der Waals surface area contributed by atoms with E-state index in [1.54, 1.807) is 19.1 Å². The van der Waals surface area contributed by atoms with Crippen LogP contribution in [-0.2, 0) is 4.79 Å². The summed E-state index contributed by atoms with van der Waals surface area (Å²) in [6.45, 7) is 2.43. The maximum atomic E-state index is 11.9. The normalized spacial score (nSPS) is 20.8. The molecule has 0 amide bonds. The van der Waals surface area contributed by atoms with E-state index in [0.717, 1.165) is 12.0 Å². The van der Waals surface area contributed by atoms with Crippen LogP contribution in [0.1, 0.15) is 24.8 Å². The number of Topliss-reactive ketones (excluding diaryl/α,β-unsaturated/α-hetero) is 1. The largest absolute Gasteiger partial charge is 0.292 e. The second-order valence-electron chi connectivity index (χ2n) is 3.84. The third kappa shape index (κ3) is 2.13. The predicted molar refractivity (Wildman–Crippen MR) is 66.8 cm³/mol. The van der Waals surface area contributed by atoms with Crippen molar-refractivity contribution in [3.63, 3.8) is 0 Å². The molecule has 0 spiro atoms. The SMILES string of the molecule is CC1=NCCC(c2ccc(Cl)cc2Cl)C1=O. The van der Waals surface area contributed by atoms with Gasteiger partial charge < -0.3 is 0 Å². The molecule has 1 aliphatic rings. The summed E-state index contributed by atoms with van der Waals surface area (Å²) in [6, 6.07) is 5.26. The molecule has 16 heavy (non-hydrogen) atoms. The molecule has 4 heteroatoms. The monoisotopic (exact) mass is 255 g/mol. The first kappa shape index (κ1) is 11.6. The van der Waals surface area contributed by atoms with Crippen LogP contribution in [-0.4, -0.2) is 18.0 Å². The standard InChI is InChI=1S/C12H11Cl2NO/c1-7-12(16)10(4-5-15-7)9-3-2-8(13)6-11(9)14/h2-3,6,10H,4-5H2,1H3. The summed E-state index contributed by atoms with van der Waals surface area (Å²) < 4.78 is 0. The molecule has 84 valence electrons. The summed E-state index contributed by atoms with van der Waals surface area (Å²) in [4.78, 5) is 16.1. The number of rotatable bonds is 1. The lowest BCUT2D eigenvalue weighted by Gasteiger charge is -2.20. The highest BCUT2D eigenvalue weighted by atomic mass is 35.5. The van der Waals surface area contributed by atoms with Crippen molar-refractivity contribution in [1.29, 1.82) is 0 Å². The summed E-state index contributed by atoms with van der Waals surface area (Å²) >= 11 is 11.9. The van der Waals surface area contributed by atoms with Crippen LogP contribution >= 0.6 is 23.2 Å². The highest BCUT2D eigenvalue weighted by molar-refractivity contribution is 6.42. The molecule has 2 nitrogen and oxygen atoms in total. The Morgan fingerprint density at radius 2 is 2.12 bits per heavy atom. The van der Waals surface area contributed by atoms with Crippen LogP contribution in [0.25, 0.3) is 0 Å². The van der Waals surface area contributed by atoms with Crippen LogP contribution in [0.5, 0.6) is 0 Å². The number of hydrogen-bond acceptors (Lipinski definition) is 2. The fourth-order valence-electron chi connectivity index (χ4n) is 1.90. The van der Waals surface area contributed by atoms with Gasteiger partial charge in [-0.05, 0) is 31.0 Å². The maximum absolute atomic E-state index is 11.9. The maximum Gasteiger partial charge on any atom is 0.183 e. The van der Waals surface area contributed by atoms with Gasteiger partial charge in [-0.3, -0.25) is 9.79 Å². The zero-order chi connectivity index (χ0) is 11.7. The van der Waals surface area contributed by atoms with Gasteiger partial charge in [-0.15, -0.1) is 0 Å². The minimum atomic E-state index is -0.165. The van der Waals surface area contributed by atoms with Crippen LogP contribution < -0.4 is 0 Å². The van der Waals surface area contributed by atoms with Gasteiger partial charge in [-0.25, -0.2) is 0 Å². The molecule has 1 aliphatic heterocycles. The molecule has 1 heterocycles. The Labute approximate surface area is 104 Å². The van der Waals surface area contributed by atoms with E-state index in [4.69, 9.17) is 23.2 Å². The van der Waals surface area contributed by atoms with E-state index in [2.05, 4.69) is 4.99 Å². The first-order valence-corrected chi connectivity index (χ1v) is 5.85. The number of benzene rings is 1. The van der Waals surface area contributed by atoms with Crippen molar-refractivity contribution in [1.82, 2.24) is 0 Å². The van der Waals surface area contributed by atoms with Crippen LogP contribution in [0.4, 0.5) is 0 Å². The van der Waals surface area contributed by atoms with Gasteiger partial charge in [0.05, 0.1) is 11.6 Å². The predicted octanol–water partition coefficient (Wildman–Crippen LogP) is 3.51. The Hall–Kier alpha value is -0.860. The van der Waals surface area contributed by atoms with E-state index >= 15 is 0 Å². The molecule has 1 aromatic rings. The quantitative estimate of drug-likeness (QED) is 0.756. The van der Waals surface area contributed by atoms with Crippen molar-refractivity contribution in [2.45, 2.75) is 19.3 Å². The molecule has 0 aliphatic carbocycles. The zero-order valence-electron chi connectivity index (χ0n) is 8.84. The Morgan fingerprint density at radius 3 is 2.81 bits per heavy atom. The molecular weight excluding hydrogens is 245 g/mol. The van der Waals surface area contributed by atoms with Gasteiger partial charge in [0, 0.05) is 16.6 Å². The Balaban J connectivity index is 2.38. The molecule has 1 unspecified atom stereocenters. The van der Waals surface area contributed by atoms with E-state index < -0.39 is 0 Å². The minimum Gasteiger partial charge on any atom is -0.292 e. The van der Waals surface area contributed by atoms with Crippen molar-refractivity contribution in [2.75, 3.05) is 6.54 Å². The number of carbonyl (C=O) groups is 1. The van der Waals surface area contributed by atoms with E-state index in [9.17, 15) is 4.79 Å². The number of aliphatic imine (C=N–C) groups is 1. The van der Waals surface area contributed by atoms with Crippen LogP contribution in [0.3, 0.4) is 0 Å². The van der Waals surface area contributed by atoms with Crippen molar-refractivity contribution in [3.05, 3.63) is 33.8 Å². The van der Waals surface area contributed by atoms with Crippen molar-refractivity contribution < 1.29 is 4.79 Å². The topological polar surface area (TPSA) is 29.4 Å². The van der Waals surface area contributed by atoms with Crippen LogP contribution in [0.2, 0.25) is 10.0 Å². The van der Waals surface area contributed by atoms with Gasteiger partial charge >= 0.3 is 0 Å². The minimum absolute atomic E-state index is 0.0653. The molecule has 0 saturated carbocycles. The first-order valence-electron chi connectivity index (χ1n) is 5.10. The zero-order valence-corrected chi connectivity index (χ0v) is 10.3. The molecule has 0 radical (unpaired) electrons. The molecule has 0 N–H and O–H groups in total. The summed E-state index contributed by atoms with van der Waals surface area (Å²) in [5, 5.41) is 1.14. The molecule has 1 aromatic carbocycles. The number of halogens is 2. The highest BCUT2D eigenvalue weighted by Crippen LogP contribution is 2.32. The Kier molecular flexibility index (Phi) is 3.31. The number of ketones is 1. The number of nitrogens with zero attached hydrogens (tertiary/aromatic N) is 1. The van der Waals surface area contributed by atoms with Crippen LogP contribution in [0.15, 0.2) is 23.2 Å². The first-order chi connectivity index (χ1) is 7.59. The Morgan fingerprint density at radius 1 is 1.38 bits per heavy atom. The summed E-state index contributed by atoms with van der Waals surface area (Å²) in [5.74, 6) is -0.0993. The smallest absolute Gasteiger partial charge is 0.183 e. The lowest BCUT2D eigenvalue weighted by atomic mass is 9.88. The van der Waals surface area contributed by atoms with Crippen molar-refractivity contribution in [2.24, 2.45) is 4.99 Å².